The third kappa shape index (κ3) is 1.41. The third-order valence-corrected chi connectivity index (χ3v) is 3.11. The fourth-order valence-corrected chi connectivity index (χ4v) is 2.04. The van der Waals surface area contributed by atoms with Crippen LogP contribution in [0.4, 0.5) is 5.69 Å². The zero-order valence-electron chi connectivity index (χ0n) is 9.21. The van der Waals surface area contributed by atoms with Gasteiger partial charge in [-0.3, -0.25) is 0 Å². The van der Waals surface area contributed by atoms with Crippen molar-refractivity contribution in [3.63, 3.8) is 0 Å². The van der Waals surface area contributed by atoms with Crippen LogP contribution >= 0.6 is 0 Å². The molecule has 1 saturated carbocycles. The monoisotopic (exact) mass is 201 g/mol. The van der Waals surface area contributed by atoms with Gasteiger partial charge in [0, 0.05) is 31.4 Å². The molecule has 15 heavy (non-hydrogen) atoms. The average Bonchev–Trinajstić information content (AvgIpc) is 2.98. The minimum Gasteiger partial charge on any atom is -0.488 e. The standard InChI is InChI=1S/C13H15NO/c1-14(2)10-5-6-11-12(9-3-4-9)8-15-13(11)7-10/h5-7H,3-4,8H2,1-2H3. The molecule has 2 nitrogen and oxygen atoms in total. The first-order valence-corrected chi connectivity index (χ1v) is 5.41. The fourth-order valence-electron chi connectivity index (χ4n) is 2.04. The lowest BCUT2D eigenvalue weighted by Gasteiger charge is -2.12. The molecule has 1 aliphatic carbocycles. The molecule has 0 radical (unpaired) electrons. The van der Waals surface area contributed by atoms with Crippen LogP contribution in [0.3, 0.4) is 0 Å². The van der Waals surface area contributed by atoms with E-state index in [9.17, 15) is 0 Å². The number of benzene rings is 1. The van der Waals surface area contributed by atoms with Gasteiger partial charge in [0.15, 0.2) is 0 Å². The van der Waals surface area contributed by atoms with Crippen LogP contribution < -0.4 is 9.64 Å². The molecule has 1 fully saturated rings. The number of fused-ring (bicyclic) bond motifs is 1. The predicted octanol–water partition coefficient (Wildman–Crippen LogP) is 2.69. The van der Waals surface area contributed by atoms with Crippen LogP contribution in [0, 0.1) is 0 Å². The zero-order chi connectivity index (χ0) is 10.4. The smallest absolute Gasteiger partial charge is 0.129 e. The Morgan fingerprint density at radius 1 is 1.20 bits per heavy atom. The molecule has 1 heterocycles. The van der Waals surface area contributed by atoms with Crippen molar-refractivity contribution in [1.82, 2.24) is 0 Å². The normalized spacial score (nSPS) is 17.5. The first kappa shape index (κ1) is 8.84. The Labute approximate surface area is 90.2 Å². The number of ether oxygens (including phenoxy) is 1. The summed E-state index contributed by atoms with van der Waals surface area (Å²) in [6.07, 6.45) is 2.54. The van der Waals surface area contributed by atoms with Crippen molar-refractivity contribution in [2.24, 2.45) is 0 Å². The molecule has 0 saturated heterocycles. The number of anilines is 1. The van der Waals surface area contributed by atoms with Gasteiger partial charge in [0.1, 0.15) is 12.4 Å². The van der Waals surface area contributed by atoms with E-state index in [2.05, 4.69) is 37.2 Å². The number of nitrogens with zero attached hydrogens (tertiary/aromatic N) is 1. The Balaban J connectivity index is 2.06. The summed E-state index contributed by atoms with van der Waals surface area (Å²) in [6.45, 7) is 0.779. The number of allylic oxidation sites excluding steroid dienone is 1. The van der Waals surface area contributed by atoms with E-state index >= 15 is 0 Å². The van der Waals surface area contributed by atoms with Crippen molar-refractivity contribution in [2.45, 2.75) is 12.8 Å². The molecule has 0 bridgehead atoms. The van der Waals surface area contributed by atoms with Crippen LogP contribution in [0.5, 0.6) is 5.75 Å². The summed E-state index contributed by atoms with van der Waals surface area (Å²) in [7, 11) is 4.11. The first-order valence-electron chi connectivity index (χ1n) is 5.41. The van der Waals surface area contributed by atoms with Crippen LogP contribution in [0.15, 0.2) is 23.8 Å². The fraction of sp³-hybridized carbons (Fsp3) is 0.385. The molecular formula is C13H15NO. The van der Waals surface area contributed by atoms with E-state index in [1.54, 1.807) is 5.57 Å². The molecule has 2 heteroatoms. The van der Waals surface area contributed by atoms with Gasteiger partial charge in [0.2, 0.25) is 0 Å². The Kier molecular flexibility index (Phi) is 1.78. The van der Waals surface area contributed by atoms with Crippen molar-refractivity contribution >= 4 is 11.3 Å². The lowest BCUT2D eigenvalue weighted by molar-refractivity contribution is 0.388. The van der Waals surface area contributed by atoms with E-state index in [4.69, 9.17) is 4.74 Å². The summed E-state index contributed by atoms with van der Waals surface area (Å²) in [5.74, 6) is 1.05. The molecule has 0 N–H and O–H groups in total. The van der Waals surface area contributed by atoms with Gasteiger partial charge in [-0.25, -0.2) is 0 Å². The summed E-state index contributed by atoms with van der Waals surface area (Å²) in [4.78, 5) is 2.10. The highest BCUT2D eigenvalue weighted by atomic mass is 16.5. The van der Waals surface area contributed by atoms with Gasteiger partial charge in [0.05, 0.1) is 0 Å². The third-order valence-electron chi connectivity index (χ3n) is 3.11. The van der Waals surface area contributed by atoms with Crippen molar-refractivity contribution in [1.29, 1.82) is 0 Å². The van der Waals surface area contributed by atoms with Gasteiger partial charge in [-0.15, -0.1) is 0 Å². The summed E-state index contributed by atoms with van der Waals surface area (Å²) < 4.78 is 5.72. The SMILES string of the molecule is CN(C)c1ccc2c(c1)OCC2=C1CC1. The maximum atomic E-state index is 5.72. The Bertz CT molecular complexity index is 440. The molecule has 0 spiro atoms. The van der Waals surface area contributed by atoms with Gasteiger partial charge >= 0.3 is 0 Å². The van der Waals surface area contributed by atoms with Crippen molar-refractivity contribution < 1.29 is 4.74 Å². The molecule has 78 valence electrons. The lowest BCUT2D eigenvalue weighted by atomic mass is 10.1. The van der Waals surface area contributed by atoms with Crippen LogP contribution in [-0.2, 0) is 0 Å². The van der Waals surface area contributed by atoms with E-state index in [0.717, 1.165) is 12.4 Å². The molecule has 3 rings (SSSR count). The maximum Gasteiger partial charge on any atom is 0.129 e. The number of hydrogen-bond donors (Lipinski definition) is 0. The molecule has 1 aliphatic heterocycles. The quantitative estimate of drug-likeness (QED) is 0.692. The second-order valence-electron chi connectivity index (χ2n) is 4.45. The van der Waals surface area contributed by atoms with Crippen LogP contribution in [0.1, 0.15) is 18.4 Å². The van der Waals surface area contributed by atoms with E-state index < -0.39 is 0 Å². The number of rotatable bonds is 1. The lowest BCUT2D eigenvalue weighted by Crippen LogP contribution is -2.08. The average molecular weight is 201 g/mol. The highest BCUT2D eigenvalue weighted by Gasteiger charge is 2.26. The number of hydrogen-bond acceptors (Lipinski definition) is 2. The van der Waals surface area contributed by atoms with Crippen molar-refractivity contribution in [2.75, 3.05) is 25.6 Å². The minimum absolute atomic E-state index is 0.779. The summed E-state index contributed by atoms with van der Waals surface area (Å²) >= 11 is 0. The summed E-state index contributed by atoms with van der Waals surface area (Å²) in [5, 5.41) is 0. The molecule has 2 aliphatic rings. The van der Waals surface area contributed by atoms with E-state index in [1.807, 2.05) is 0 Å². The Hall–Kier alpha value is -1.44. The van der Waals surface area contributed by atoms with Crippen molar-refractivity contribution in [3.05, 3.63) is 29.3 Å². The highest BCUT2D eigenvalue weighted by molar-refractivity contribution is 5.80. The largest absolute Gasteiger partial charge is 0.488 e. The Morgan fingerprint density at radius 3 is 2.67 bits per heavy atom. The molecule has 1 aromatic carbocycles. The second-order valence-corrected chi connectivity index (χ2v) is 4.45. The van der Waals surface area contributed by atoms with Gasteiger partial charge in [-0.2, -0.15) is 0 Å². The van der Waals surface area contributed by atoms with Crippen molar-refractivity contribution in [3.8, 4) is 5.75 Å². The van der Waals surface area contributed by atoms with Gasteiger partial charge in [-0.05, 0) is 30.5 Å². The summed E-state index contributed by atoms with van der Waals surface area (Å²) in [5.41, 5.74) is 5.55. The molecule has 0 atom stereocenters. The molecule has 0 amide bonds. The Morgan fingerprint density at radius 2 is 2.00 bits per heavy atom. The highest BCUT2D eigenvalue weighted by Crippen LogP contribution is 2.44. The second kappa shape index (κ2) is 3.02. The zero-order valence-corrected chi connectivity index (χ0v) is 9.21. The van der Waals surface area contributed by atoms with E-state index in [0.29, 0.717) is 0 Å². The van der Waals surface area contributed by atoms with E-state index in [-0.39, 0.29) is 0 Å². The predicted molar refractivity (Wildman–Crippen MR) is 62.4 cm³/mol. The maximum absolute atomic E-state index is 5.72. The van der Waals surface area contributed by atoms with Crippen LogP contribution in [0.25, 0.3) is 5.57 Å². The summed E-state index contributed by atoms with van der Waals surface area (Å²) in [6, 6.07) is 6.49. The first-order chi connectivity index (χ1) is 7.25. The van der Waals surface area contributed by atoms with Gasteiger partial charge in [0.25, 0.3) is 0 Å². The van der Waals surface area contributed by atoms with Gasteiger partial charge in [-0.1, -0.05) is 5.57 Å². The van der Waals surface area contributed by atoms with Crippen LogP contribution in [0.2, 0.25) is 0 Å². The molecule has 0 aromatic heterocycles. The minimum atomic E-state index is 0.779. The topological polar surface area (TPSA) is 12.5 Å². The molecule has 1 aromatic rings. The molecular weight excluding hydrogens is 186 g/mol. The molecule has 0 unspecified atom stereocenters. The van der Waals surface area contributed by atoms with Crippen LogP contribution in [-0.4, -0.2) is 20.7 Å². The van der Waals surface area contributed by atoms with Gasteiger partial charge < -0.3 is 9.64 Å². The van der Waals surface area contributed by atoms with E-state index in [1.165, 1.54) is 29.7 Å².